The van der Waals surface area contributed by atoms with Crippen molar-refractivity contribution in [3.63, 3.8) is 0 Å². The van der Waals surface area contributed by atoms with Crippen LogP contribution >= 0.6 is 0 Å². The van der Waals surface area contributed by atoms with E-state index < -0.39 is 0 Å². The Hall–Kier alpha value is -2.40. The van der Waals surface area contributed by atoms with Crippen LogP contribution in [0.1, 0.15) is 35.7 Å². The van der Waals surface area contributed by atoms with Crippen LogP contribution in [0.2, 0.25) is 0 Å². The molecule has 0 bridgehead atoms. The van der Waals surface area contributed by atoms with Crippen LogP contribution in [0.5, 0.6) is 5.75 Å². The third kappa shape index (κ3) is 4.37. The van der Waals surface area contributed by atoms with Gasteiger partial charge in [0.05, 0.1) is 0 Å². The molecule has 0 aliphatic carbocycles. The number of ether oxygens (including phenoxy) is 1. The molecule has 3 rings (SSSR count). The second kappa shape index (κ2) is 8.12. The molecular weight excluding hydrogens is 314 g/mol. The summed E-state index contributed by atoms with van der Waals surface area (Å²) >= 11 is 0. The molecule has 25 heavy (non-hydrogen) atoms. The molecule has 5 heteroatoms. The van der Waals surface area contributed by atoms with E-state index in [1.165, 1.54) is 0 Å². The lowest BCUT2D eigenvalue weighted by Crippen LogP contribution is -2.49. The average Bonchev–Trinajstić information content (AvgIpc) is 2.67. The predicted octanol–water partition coefficient (Wildman–Crippen LogP) is 2.86. The molecule has 1 saturated heterocycles. The van der Waals surface area contributed by atoms with Crippen LogP contribution in [0.15, 0.2) is 48.8 Å². The number of amides is 1. The topological polar surface area (TPSA) is 68.5 Å². The van der Waals surface area contributed by atoms with Gasteiger partial charge in [0.25, 0.3) is 5.91 Å². The number of carbonyl (C=O) groups excluding carboxylic acids is 1. The van der Waals surface area contributed by atoms with E-state index in [0.717, 1.165) is 30.7 Å². The summed E-state index contributed by atoms with van der Waals surface area (Å²) in [6.45, 7) is 4.00. The van der Waals surface area contributed by atoms with Crippen LogP contribution in [0.4, 0.5) is 0 Å². The number of rotatable bonds is 5. The maximum atomic E-state index is 12.8. The fraction of sp³-hybridized carbons (Fsp3) is 0.400. The molecule has 0 saturated carbocycles. The molecule has 1 aromatic carbocycles. The largest absolute Gasteiger partial charge is 0.489 e. The molecule has 1 aromatic heterocycles. The predicted molar refractivity (Wildman–Crippen MR) is 97.3 cm³/mol. The normalized spacial score (nSPS) is 20.3. The van der Waals surface area contributed by atoms with Crippen LogP contribution in [0, 0.1) is 5.92 Å². The number of hydrogen-bond donors (Lipinski definition) is 1. The maximum absolute atomic E-state index is 12.8. The highest BCUT2D eigenvalue weighted by Gasteiger charge is 2.29. The van der Waals surface area contributed by atoms with E-state index >= 15 is 0 Å². The second-order valence-corrected chi connectivity index (χ2v) is 6.69. The molecular formula is C20H25N3O2. The summed E-state index contributed by atoms with van der Waals surface area (Å²) < 4.78 is 5.76. The quantitative estimate of drug-likeness (QED) is 0.909. The van der Waals surface area contributed by atoms with Gasteiger partial charge in [0.1, 0.15) is 12.4 Å². The molecule has 5 nitrogen and oxygen atoms in total. The molecule has 0 spiro atoms. The number of nitrogens with zero attached hydrogens (tertiary/aromatic N) is 2. The van der Waals surface area contributed by atoms with Crippen LogP contribution in [0.25, 0.3) is 0 Å². The van der Waals surface area contributed by atoms with Gasteiger partial charge in [-0.2, -0.15) is 0 Å². The van der Waals surface area contributed by atoms with Gasteiger partial charge in [-0.15, -0.1) is 0 Å². The highest BCUT2D eigenvalue weighted by molar-refractivity contribution is 5.94. The van der Waals surface area contributed by atoms with Gasteiger partial charge in [0, 0.05) is 37.1 Å². The van der Waals surface area contributed by atoms with E-state index in [2.05, 4.69) is 11.9 Å². The number of aromatic nitrogens is 1. The number of hydrogen-bond acceptors (Lipinski definition) is 4. The van der Waals surface area contributed by atoms with Crippen molar-refractivity contribution in [1.82, 2.24) is 9.88 Å². The molecule has 2 unspecified atom stereocenters. The van der Waals surface area contributed by atoms with Crippen molar-refractivity contribution < 1.29 is 9.53 Å². The van der Waals surface area contributed by atoms with E-state index in [4.69, 9.17) is 10.5 Å². The molecule has 132 valence electrons. The fourth-order valence-electron chi connectivity index (χ4n) is 3.25. The van der Waals surface area contributed by atoms with Crippen molar-refractivity contribution in [2.75, 3.05) is 13.1 Å². The van der Waals surface area contributed by atoms with Gasteiger partial charge >= 0.3 is 0 Å². The third-order valence-electron chi connectivity index (χ3n) is 4.77. The van der Waals surface area contributed by atoms with Crippen molar-refractivity contribution in [3.05, 3.63) is 59.9 Å². The Balaban J connectivity index is 1.62. The SMILES string of the molecule is CC1CCN(C(=O)c2ccc(OCc3ccncc3)cc2)C(CN)C1. The zero-order valence-corrected chi connectivity index (χ0v) is 14.6. The van der Waals surface area contributed by atoms with Gasteiger partial charge in [0.2, 0.25) is 0 Å². The molecule has 0 radical (unpaired) electrons. The number of pyridine rings is 1. The number of benzene rings is 1. The minimum absolute atomic E-state index is 0.0584. The van der Waals surface area contributed by atoms with Gasteiger partial charge in [-0.1, -0.05) is 6.92 Å². The average molecular weight is 339 g/mol. The van der Waals surface area contributed by atoms with Crippen LogP contribution in [-0.2, 0) is 6.61 Å². The second-order valence-electron chi connectivity index (χ2n) is 6.69. The van der Waals surface area contributed by atoms with Crippen LogP contribution < -0.4 is 10.5 Å². The summed E-state index contributed by atoms with van der Waals surface area (Å²) in [7, 11) is 0. The summed E-state index contributed by atoms with van der Waals surface area (Å²) in [6, 6.07) is 11.3. The maximum Gasteiger partial charge on any atom is 0.254 e. The molecule has 2 atom stereocenters. The van der Waals surface area contributed by atoms with Crippen LogP contribution in [0.3, 0.4) is 0 Å². The van der Waals surface area contributed by atoms with E-state index in [9.17, 15) is 4.79 Å². The first-order valence-electron chi connectivity index (χ1n) is 8.80. The van der Waals surface area contributed by atoms with Crippen molar-refractivity contribution >= 4 is 5.91 Å². The van der Waals surface area contributed by atoms with Crippen LogP contribution in [-0.4, -0.2) is 34.9 Å². The van der Waals surface area contributed by atoms with Gasteiger partial charge in [-0.05, 0) is 60.7 Å². The third-order valence-corrected chi connectivity index (χ3v) is 4.77. The fourth-order valence-corrected chi connectivity index (χ4v) is 3.25. The summed E-state index contributed by atoms with van der Waals surface area (Å²) in [5, 5.41) is 0. The summed E-state index contributed by atoms with van der Waals surface area (Å²) in [4.78, 5) is 18.7. The van der Waals surface area contributed by atoms with E-state index in [1.54, 1.807) is 12.4 Å². The van der Waals surface area contributed by atoms with E-state index in [-0.39, 0.29) is 11.9 Å². The highest BCUT2D eigenvalue weighted by Crippen LogP contribution is 2.24. The molecule has 2 N–H and O–H groups in total. The summed E-state index contributed by atoms with van der Waals surface area (Å²) in [6.07, 6.45) is 5.51. The van der Waals surface area contributed by atoms with Gasteiger partial charge in [-0.3, -0.25) is 9.78 Å². The smallest absolute Gasteiger partial charge is 0.254 e. The molecule has 1 aliphatic heterocycles. The lowest BCUT2D eigenvalue weighted by Gasteiger charge is -2.38. The first kappa shape index (κ1) is 17.4. The lowest BCUT2D eigenvalue weighted by atomic mass is 9.92. The van der Waals surface area contributed by atoms with Crippen molar-refractivity contribution in [2.24, 2.45) is 11.7 Å². The van der Waals surface area contributed by atoms with Crippen molar-refractivity contribution in [3.8, 4) is 5.75 Å². The van der Waals surface area contributed by atoms with Gasteiger partial charge < -0.3 is 15.4 Å². The van der Waals surface area contributed by atoms with Gasteiger partial charge in [0.15, 0.2) is 0 Å². The number of nitrogens with two attached hydrogens (primary N) is 1. The van der Waals surface area contributed by atoms with Crippen molar-refractivity contribution in [2.45, 2.75) is 32.4 Å². The Kier molecular flexibility index (Phi) is 5.66. The monoisotopic (exact) mass is 339 g/mol. The highest BCUT2D eigenvalue weighted by atomic mass is 16.5. The Morgan fingerprint density at radius 2 is 1.96 bits per heavy atom. The summed E-state index contributed by atoms with van der Waals surface area (Å²) in [5.41, 5.74) is 7.62. The number of carbonyl (C=O) groups is 1. The number of piperidine rings is 1. The molecule has 1 amide bonds. The Morgan fingerprint density at radius 3 is 2.64 bits per heavy atom. The Morgan fingerprint density at radius 1 is 1.24 bits per heavy atom. The molecule has 1 fully saturated rings. The summed E-state index contributed by atoms with van der Waals surface area (Å²) in [5.74, 6) is 1.43. The minimum Gasteiger partial charge on any atom is -0.489 e. The van der Waals surface area contributed by atoms with E-state index in [0.29, 0.717) is 24.6 Å². The molecule has 1 aliphatic rings. The molecule has 2 aromatic rings. The Labute approximate surface area is 148 Å². The molecule has 2 heterocycles. The lowest BCUT2D eigenvalue weighted by molar-refractivity contribution is 0.0573. The zero-order valence-electron chi connectivity index (χ0n) is 14.6. The minimum atomic E-state index is 0.0584. The van der Waals surface area contributed by atoms with Crippen molar-refractivity contribution in [1.29, 1.82) is 0 Å². The first-order valence-corrected chi connectivity index (χ1v) is 8.80. The first-order chi connectivity index (χ1) is 12.2. The van der Waals surface area contributed by atoms with E-state index in [1.807, 2.05) is 41.3 Å². The standard InChI is InChI=1S/C20H25N3O2/c1-15-8-11-23(18(12-15)13-21)20(24)17-2-4-19(5-3-17)25-14-16-6-9-22-10-7-16/h2-7,9-10,15,18H,8,11-14,21H2,1H3. The Bertz CT molecular complexity index is 688. The van der Waals surface area contributed by atoms with Gasteiger partial charge in [-0.25, -0.2) is 0 Å². The number of likely N-dealkylation sites (tertiary alicyclic amines) is 1. The zero-order chi connectivity index (χ0) is 17.6.